The highest BCUT2D eigenvalue weighted by Gasteiger charge is 2.29. The van der Waals surface area contributed by atoms with Crippen LogP contribution in [0.25, 0.3) is 0 Å². The molecule has 6 heteroatoms. The standard InChI is InChI=1S/C9H16N4O2/c1-5(2)4-7(9(14)15)6(3)8-10-12-13-11-8/h5-7H,4H2,1-3H3,(H,14,15)(H,10,11,12,13). The summed E-state index contributed by atoms with van der Waals surface area (Å²) in [4.78, 5) is 11.1. The summed E-state index contributed by atoms with van der Waals surface area (Å²) in [7, 11) is 0. The number of carbonyl (C=O) groups is 1. The maximum Gasteiger partial charge on any atom is 0.307 e. The van der Waals surface area contributed by atoms with Gasteiger partial charge in [-0.2, -0.15) is 5.21 Å². The van der Waals surface area contributed by atoms with Crippen LogP contribution < -0.4 is 0 Å². The van der Waals surface area contributed by atoms with E-state index in [0.717, 1.165) is 0 Å². The molecule has 2 atom stereocenters. The van der Waals surface area contributed by atoms with E-state index >= 15 is 0 Å². The van der Waals surface area contributed by atoms with Gasteiger partial charge >= 0.3 is 5.97 Å². The molecular formula is C9H16N4O2. The smallest absolute Gasteiger partial charge is 0.307 e. The third kappa shape index (κ3) is 3.00. The predicted molar refractivity (Wildman–Crippen MR) is 53.2 cm³/mol. The fourth-order valence-electron chi connectivity index (χ4n) is 1.57. The molecule has 0 fully saturated rings. The summed E-state index contributed by atoms with van der Waals surface area (Å²) in [6.07, 6.45) is 0.616. The number of rotatable bonds is 5. The Morgan fingerprint density at radius 1 is 1.47 bits per heavy atom. The summed E-state index contributed by atoms with van der Waals surface area (Å²) in [6.45, 7) is 5.81. The number of aromatic nitrogens is 4. The highest BCUT2D eigenvalue weighted by atomic mass is 16.4. The van der Waals surface area contributed by atoms with E-state index in [9.17, 15) is 4.79 Å². The zero-order valence-corrected chi connectivity index (χ0v) is 9.14. The van der Waals surface area contributed by atoms with Gasteiger partial charge in [0.15, 0.2) is 5.82 Å². The van der Waals surface area contributed by atoms with Crippen LogP contribution in [-0.4, -0.2) is 31.7 Å². The maximum absolute atomic E-state index is 11.1. The number of hydrogen-bond donors (Lipinski definition) is 2. The number of hydrogen-bond acceptors (Lipinski definition) is 4. The van der Waals surface area contributed by atoms with E-state index in [1.54, 1.807) is 0 Å². The number of nitrogens with one attached hydrogen (secondary N) is 1. The van der Waals surface area contributed by atoms with E-state index in [1.807, 2.05) is 20.8 Å². The number of carboxylic acid groups (broad SMARTS) is 1. The average molecular weight is 212 g/mol. The van der Waals surface area contributed by atoms with Crippen LogP contribution in [0.15, 0.2) is 0 Å². The lowest BCUT2D eigenvalue weighted by Gasteiger charge is -2.18. The van der Waals surface area contributed by atoms with Crippen LogP contribution in [0.1, 0.15) is 38.9 Å². The molecule has 1 aromatic rings. The first-order valence-corrected chi connectivity index (χ1v) is 4.98. The largest absolute Gasteiger partial charge is 0.481 e. The van der Waals surface area contributed by atoms with Gasteiger partial charge in [0.2, 0.25) is 0 Å². The first-order chi connectivity index (χ1) is 7.02. The molecule has 0 spiro atoms. The van der Waals surface area contributed by atoms with Crippen LogP contribution in [0, 0.1) is 11.8 Å². The first-order valence-electron chi connectivity index (χ1n) is 4.98. The molecule has 1 aromatic heterocycles. The summed E-state index contributed by atoms with van der Waals surface area (Å²) < 4.78 is 0. The molecule has 84 valence electrons. The van der Waals surface area contributed by atoms with Gasteiger partial charge in [-0.05, 0) is 12.3 Å². The molecule has 2 unspecified atom stereocenters. The molecule has 0 bridgehead atoms. The Morgan fingerprint density at radius 3 is 2.53 bits per heavy atom. The van der Waals surface area contributed by atoms with Crippen molar-refractivity contribution >= 4 is 5.97 Å². The highest BCUT2D eigenvalue weighted by molar-refractivity contribution is 5.71. The molecule has 0 saturated carbocycles. The molecule has 0 aliphatic rings. The maximum atomic E-state index is 11.1. The van der Waals surface area contributed by atoms with Crippen molar-refractivity contribution in [1.29, 1.82) is 0 Å². The molecule has 15 heavy (non-hydrogen) atoms. The quantitative estimate of drug-likeness (QED) is 0.761. The van der Waals surface area contributed by atoms with Crippen LogP contribution in [0.5, 0.6) is 0 Å². The zero-order valence-electron chi connectivity index (χ0n) is 9.14. The van der Waals surface area contributed by atoms with E-state index in [2.05, 4.69) is 20.6 Å². The Bertz CT molecular complexity index is 310. The molecule has 1 heterocycles. The molecule has 0 aliphatic carbocycles. The molecular weight excluding hydrogens is 196 g/mol. The summed E-state index contributed by atoms with van der Waals surface area (Å²) in [6, 6.07) is 0. The van der Waals surface area contributed by atoms with Crippen molar-refractivity contribution in [2.75, 3.05) is 0 Å². The van der Waals surface area contributed by atoms with Crippen LogP contribution >= 0.6 is 0 Å². The van der Waals surface area contributed by atoms with Gasteiger partial charge in [-0.3, -0.25) is 4.79 Å². The van der Waals surface area contributed by atoms with Crippen molar-refractivity contribution in [2.24, 2.45) is 11.8 Å². The SMILES string of the molecule is CC(C)CC(C(=O)O)C(C)c1nn[nH]n1. The van der Waals surface area contributed by atoms with E-state index in [1.165, 1.54) is 0 Å². The second-order valence-electron chi connectivity index (χ2n) is 4.13. The molecule has 0 amide bonds. The van der Waals surface area contributed by atoms with Gasteiger partial charge in [-0.1, -0.05) is 26.0 Å². The summed E-state index contributed by atoms with van der Waals surface area (Å²) in [5.74, 6) is -0.684. The minimum atomic E-state index is -0.805. The van der Waals surface area contributed by atoms with Crippen LogP contribution in [0.4, 0.5) is 0 Å². The summed E-state index contributed by atoms with van der Waals surface area (Å²) in [5.41, 5.74) is 0. The molecule has 0 radical (unpaired) electrons. The predicted octanol–water partition coefficient (Wildman–Crippen LogP) is 1.05. The van der Waals surface area contributed by atoms with Crippen molar-refractivity contribution in [3.8, 4) is 0 Å². The number of H-pyrrole nitrogens is 1. The summed E-state index contributed by atoms with van der Waals surface area (Å²) >= 11 is 0. The van der Waals surface area contributed by atoms with E-state index in [4.69, 9.17) is 5.11 Å². The van der Waals surface area contributed by atoms with E-state index in [0.29, 0.717) is 18.2 Å². The van der Waals surface area contributed by atoms with Crippen molar-refractivity contribution in [3.05, 3.63) is 5.82 Å². The lowest BCUT2D eigenvalue weighted by molar-refractivity contribution is -0.143. The molecule has 0 aliphatic heterocycles. The molecule has 2 N–H and O–H groups in total. The Labute approximate surface area is 88.1 Å². The van der Waals surface area contributed by atoms with Crippen LogP contribution in [0.2, 0.25) is 0 Å². The monoisotopic (exact) mass is 212 g/mol. The molecule has 0 aromatic carbocycles. The normalized spacial score (nSPS) is 15.2. The number of tetrazole rings is 1. The number of aliphatic carboxylic acids is 1. The van der Waals surface area contributed by atoms with Gasteiger partial charge in [0.25, 0.3) is 0 Å². The lowest BCUT2D eigenvalue weighted by atomic mass is 9.86. The Balaban J connectivity index is 2.76. The minimum absolute atomic E-state index is 0.219. The van der Waals surface area contributed by atoms with E-state index < -0.39 is 11.9 Å². The Hall–Kier alpha value is -1.46. The van der Waals surface area contributed by atoms with Crippen molar-refractivity contribution in [1.82, 2.24) is 20.6 Å². The summed E-state index contributed by atoms with van der Waals surface area (Å²) in [5, 5.41) is 22.5. The Morgan fingerprint density at radius 2 is 2.13 bits per heavy atom. The first kappa shape index (κ1) is 11.6. The second kappa shape index (κ2) is 4.86. The fourth-order valence-corrected chi connectivity index (χ4v) is 1.57. The fraction of sp³-hybridized carbons (Fsp3) is 0.778. The number of nitrogens with zero attached hydrogens (tertiary/aromatic N) is 3. The molecule has 1 rings (SSSR count). The number of aromatic amines is 1. The van der Waals surface area contributed by atoms with E-state index in [-0.39, 0.29) is 5.92 Å². The zero-order chi connectivity index (χ0) is 11.4. The topological polar surface area (TPSA) is 91.8 Å². The van der Waals surface area contributed by atoms with Gasteiger partial charge in [0.1, 0.15) is 0 Å². The van der Waals surface area contributed by atoms with Gasteiger partial charge in [-0.25, -0.2) is 0 Å². The van der Waals surface area contributed by atoms with Gasteiger partial charge < -0.3 is 5.11 Å². The van der Waals surface area contributed by atoms with Gasteiger partial charge in [0.05, 0.1) is 5.92 Å². The van der Waals surface area contributed by atoms with Crippen molar-refractivity contribution in [2.45, 2.75) is 33.1 Å². The number of carboxylic acids is 1. The second-order valence-corrected chi connectivity index (χ2v) is 4.13. The van der Waals surface area contributed by atoms with Crippen LogP contribution in [0.3, 0.4) is 0 Å². The van der Waals surface area contributed by atoms with Crippen molar-refractivity contribution < 1.29 is 9.90 Å². The van der Waals surface area contributed by atoms with Gasteiger partial charge in [-0.15, -0.1) is 10.2 Å². The third-order valence-electron chi connectivity index (χ3n) is 2.42. The minimum Gasteiger partial charge on any atom is -0.481 e. The third-order valence-corrected chi connectivity index (χ3v) is 2.42. The molecule has 0 saturated heterocycles. The van der Waals surface area contributed by atoms with Crippen LogP contribution in [-0.2, 0) is 4.79 Å². The molecule has 6 nitrogen and oxygen atoms in total. The average Bonchev–Trinajstić information content (AvgIpc) is 2.65. The highest BCUT2D eigenvalue weighted by Crippen LogP contribution is 2.26. The Kier molecular flexibility index (Phi) is 3.76. The van der Waals surface area contributed by atoms with Crippen molar-refractivity contribution in [3.63, 3.8) is 0 Å². The van der Waals surface area contributed by atoms with Gasteiger partial charge in [0, 0.05) is 5.92 Å². The lowest BCUT2D eigenvalue weighted by Crippen LogP contribution is -2.23.